The van der Waals surface area contributed by atoms with Gasteiger partial charge in [0, 0.05) is 16.5 Å². The molecule has 0 bridgehead atoms. The quantitative estimate of drug-likeness (QED) is 0.747. The normalized spacial score (nSPS) is 12.0. The fourth-order valence-corrected chi connectivity index (χ4v) is 2.25. The molecular weight excluding hydrogens is 271 g/mol. The van der Waals surface area contributed by atoms with E-state index in [4.69, 9.17) is 11.6 Å². The first-order valence-electron chi connectivity index (χ1n) is 4.69. The van der Waals surface area contributed by atoms with Crippen molar-refractivity contribution in [1.29, 1.82) is 0 Å². The summed E-state index contributed by atoms with van der Waals surface area (Å²) in [5.41, 5.74) is 0.675. The topological polar surface area (TPSA) is 12.9 Å². The monoisotopic (exact) mass is 277 g/mol. The van der Waals surface area contributed by atoms with Gasteiger partial charge in [0.1, 0.15) is 0 Å². The highest BCUT2D eigenvalue weighted by Crippen LogP contribution is 2.30. The van der Waals surface area contributed by atoms with Gasteiger partial charge >= 0.3 is 6.18 Å². The van der Waals surface area contributed by atoms with E-state index in [0.29, 0.717) is 20.8 Å². The number of hydrogen-bond acceptors (Lipinski definition) is 2. The van der Waals surface area contributed by atoms with Crippen LogP contribution in [0.25, 0.3) is 10.9 Å². The van der Waals surface area contributed by atoms with Crippen molar-refractivity contribution in [2.75, 3.05) is 5.75 Å². The minimum absolute atomic E-state index is 0.490. The number of alkyl halides is 3. The van der Waals surface area contributed by atoms with E-state index in [1.165, 1.54) is 0 Å². The minimum Gasteiger partial charge on any atom is -0.256 e. The molecule has 1 aromatic heterocycles. The van der Waals surface area contributed by atoms with E-state index in [1.54, 1.807) is 30.5 Å². The summed E-state index contributed by atoms with van der Waals surface area (Å²) in [4.78, 5) is 4.61. The molecule has 0 aliphatic rings. The number of fused-ring (bicyclic) bond motifs is 1. The number of rotatable bonds is 2. The molecule has 0 radical (unpaired) electrons. The van der Waals surface area contributed by atoms with Crippen LogP contribution in [-0.2, 0) is 0 Å². The Bertz CT molecular complexity index is 542. The number of halogens is 4. The van der Waals surface area contributed by atoms with Crippen LogP contribution in [-0.4, -0.2) is 16.9 Å². The van der Waals surface area contributed by atoms with Gasteiger partial charge in [0.25, 0.3) is 0 Å². The zero-order chi connectivity index (χ0) is 12.5. The highest BCUT2D eigenvalue weighted by atomic mass is 35.5. The van der Waals surface area contributed by atoms with Crippen LogP contribution in [0.3, 0.4) is 0 Å². The van der Waals surface area contributed by atoms with Crippen molar-refractivity contribution in [3.05, 3.63) is 35.5 Å². The summed E-state index contributed by atoms with van der Waals surface area (Å²) >= 11 is 6.69. The van der Waals surface area contributed by atoms with E-state index >= 15 is 0 Å². The van der Waals surface area contributed by atoms with E-state index in [9.17, 15) is 13.2 Å². The molecule has 0 amide bonds. The first-order chi connectivity index (χ1) is 7.96. The predicted octanol–water partition coefficient (Wildman–Crippen LogP) is 4.54. The summed E-state index contributed by atoms with van der Waals surface area (Å²) in [7, 11) is 0. The average molecular weight is 278 g/mol. The van der Waals surface area contributed by atoms with E-state index in [0.717, 1.165) is 11.8 Å². The summed E-state index contributed by atoms with van der Waals surface area (Å²) in [6, 6.07) is 6.52. The summed E-state index contributed by atoms with van der Waals surface area (Å²) < 4.78 is 36.2. The van der Waals surface area contributed by atoms with Gasteiger partial charge in [0.2, 0.25) is 0 Å². The molecule has 0 fully saturated rings. The summed E-state index contributed by atoms with van der Waals surface area (Å²) in [5, 5.41) is 1.16. The average Bonchev–Trinajstić information content (AvgIpc) is 2.26. The van der Waals surface area contributed by atoms with Gasteiger partial charge in [-0.3, -0.25) is 4.98 Å². The fraction of sp³-hybridized carbons (Fsp3) is 0.182. The molecule has 0 spiro atoms. The molecule has 1 nitrogen and oxygen atoms in total. The molecule has 0 aliphatic carbocycles. The lowest BCUT2D eigenvalue weighted by Gasteiger charge is -2.07. The Morgan fingerprint density at radius 2 is 2.00 bits per heavy atom. The molecular formula is C11H7ClF3NS. The Kier molecular flexibility index (Phi) is 3.49. The van der Waals surface area contributed by atoms with Crippen molar-refractivity contribution in [2.24, 2.45) is 0 Å². The maximum Gasteiger partial charge on any atom is 0.398 e. The molecule has 0 atom stereocenters. The van der Waals surface area contributed by atoms with Gasteiger partial charge in [-0.2, -0.15) is 13.2 Å². The van der Waals surface area contributed by atoms with E-state index < -0.39 is 11.9 Å². The Hall–Kier alpha value is -0.940. The van der Waals surface area contributed by atoms with E-state index in [2.05, 4.69) is 4.98 Å². The van der Waals surface area contributed by atoms with Gasteiger partial charge in [0.15, 0.2) is 0 Å². The van der Waals surface area contributed by atoms with Crippen molar-refractivity contribution < 1.29 is 13.2 Å². The van der Waals surface area contributed by atoms with Crippen molar-refractivity contribution >= 4 is 34.3 Å². The van der Waals surface area contributed by atoms with Crippen LogP contribution < -0.4 is 0 Å². The third kappa shape index (κ3) is 3.26. The van der Waals surface area contributed by atoms with Crippen molar-refractivity contribution in [2.45, 2.75) is 11.1 Å². The first kappa shape index (κ1) is 12.5. The van der Waals surface area contributed by atoms with Crippen LogP contribution in [0.15, 0.2) is 35.4 Å². The highest BCUT2D eigenvalue weighted by Gasteiger charge is 2.27. The second-order valence-corrected chi connectivity index (χ2v) is 4.83. The molecule has 90 valence electrons. The number of nitrogens with zero attached hydrogens (tertiary/aromatic N) is 1. The Morgan fingerprint density at radius 1 is 1.24 bits per heavy atom. The fourth-order valence-electron chi connectivity index (χ4n) is 1.35. The largest absolute Gasteiger partial charge is 0.398 e. The number of benzene rings is 1. The van der Waals surface area contributed by atoms with Crippen LogP contribution in [0.1, 0.15) is 0 Å². The van der Waals surface area contributed by atoms with Crippen LogP contribution in [0.4, 0.5) is 13.2 Å². The summed E-state index contributed by atoms with van der Waals surface area (Å²) in [5.74, 6) is -0.906. The van der Waals surface area contributed by atoms with Gasteiger partial charge in [-0.1, -0.05) is 11.6 Å². The molecule has 6 heteroatoms. The van der Waals surface area contributed by atoms with Gasteiger partial charge in [-0.25, -0.2) is 0 Å². The lowest BCUT2D eigenvalue weighted by molar-refractivity contribution is -0.105. The zero-order valence-electron chi connectivity index (χ0n) is 8.46. The Balaban J connectivity index is 2.28. The molecule has 1 aromatic carbocycles. The lowest BCUT2D eigenvalue weighted by Crippen LogP contribution is -2.10. The van der Waals surface area contributed by atoms with Crippen molar-refractivity contribution in [3.8, 4) is 0 Å². The van der Waals surface area contributed by atoms with Gasteiger partial charge in [-0.15, -0.1) is 11.8 Å². The van der Waals surface area contributed by atoms with Crippen molar-refractivity contribution in [1.82, 2.24) is 4.98 Å². The molecule has 2 aromatic rings. The summed E-state index contributed by atoms with van der Waals surface area (Å²) in [6.45, 7) is 0. The third-order valence-corrected chi connectivity index (χ3v) is 3.45. The summed E-state index contributed by atoms with van der Waals surface area (Å²) in [6.07, 6.45) is -2.61. The molecule has 1 heterocycles. The maximum absolute atomic E-state index is 12.1. The third-order valence-electron chi connectivity index (χ3n) is 2.06. The Morgan fingerprint density at radius 3 is 2.71 bits per heavy atom. The maximum atomic E-state index is 12.1. The first-order valence-corrected chi connectivity index (χ1v) is 6.06. The second-order valence-electron chi connectivity index (χ2n) is 3.38. The smallest absolute Gasteiger partial charge is 0.256 e. The lowest BCUT2D eigenvalue weighted by atomic mass is 10.2. The number of pyridine rings is 1. The van der Waals surface area contributed by atoms with Crippen LogP contribution in [0.5, 0.6) is 0 Å². The zero-order valence-corrected chi connectivity index (χ0v) is 10.0. The molecule has 0 unspecified atom stereocenters. The van der Waals surface area contributed by atoms with Gasteiger partial charge in [-0.05, 0) is 24.3 Å². The highest BCUT2D eigenvalue weighted by molar-refractivity contribution is 7.99. The minimum atomic E-state index is -4.17. The standard InChI is InChI=1S/C11H7ClF3NS/c12-9-3-4-16-10-2-1-7(5-8(9)10)17-6-11(13,14)15/h1-5H,6H2. The number of thioether (sulfide) groups is 1. The van der Waals surface area contributed by atoms with E-state index in [-0.39, 0.29) is 0 Å². The SMILES string of the molecule is FC(F)(F)CSc1ccc2nccc(Cl)c2c1. The molecule has 0 saturated carbocycles. The molecule has 0 N–H and O–H groups in total. The van der Waals surface area contributed by atoms with Crippen LogP contribution in [0, 0.1) is 0 Å². The number of hydrogen-bond donors (Lipinski definition) is 0. The second kappa shape index (κ2) is 4.74. The number of aromatic nitrogens is 1. The van der Waals surface area contributed by atoms with Gasteiger partial charge in [0.05, 0.1) is 16.3 Å². The van der Waals surface area contributed by atoms with Crippen LogP contribution >= 0.6 is 23.4 Å². The van der Waals surface area contributed by atoms with Crippen molar-refractivity contribution in [3.63, 3.8) is 0 Å². The Labute approximate surface area is 105 Å². The molecule has 17 heavy (non-hydrogen) atoms. The molecule has 0 aliphatic heterocycles. The van der Waals surface area contributed by atoms with E-state index in [1.807, 2.05) is 0 Å². The van der Waals surface area contributed by atoms with Crippen LogP contribution in [0.2, 0.25) is 5.02 Å². The predicted molar refractivity (Wildman–Crippen MR) is 63.5 cm³/mol. The van der Waals surface area contributed by atoms with Gasteiger partial charge < -0.3 is 0 Å². The molecule has 2 rings (SSSR count). The molecule has 0 saturated heterocycles.